The second-order valence-electron chi connectivity index (χ2n) is 9.69. The van der Waals surface area contributed by atoms with Crippen molar-refractivity contribution in [1.82, 2.24) is 5.32 Å². The number of hydrogen-bond acceptors (Lipinski definition) is 3. The number of carbonyl (C=O) groups is 2. The molecule has 0 atom stereocenters. The molecular formula is C24H33ClN2O2. The largest absolute Gasteiger partial charge is 0.319 e. The Labute approximate surface area is 179 Å². The first-order chi connectivity index (χ1) is 13.9. The minimum Gasteiger partial charge on any atom is -0.319 e. The molecule has 0 unspecified atom stereocenters. The fourth-order valence-electron chi connectivity index (χ4n) is 6.08. The Balaban J connectivity index is 1.52. The zero-order valence-corrected chi connectivity index (χ0v) is 18.2. The van der Waals surface area contributed by atoms with E-state index in [-0.39, 0.29) is 22.8 Å². The van der Waals surface area contributed by atoms with Crippen molar-refractivity contribution >= 4 is 29.0 Å². The van der Waals surface area contributed by atoms with E-state index in [1.807, 2.05) is 13.0 Å². The van der Waals surface area contributed by atoms with Crippen LogP contribution in [0.2, 0.25) is 5.02 Å². The lowest BCUT2D eigenvalue weighted by Crippen LogP contribution is -2.65. The highest BCUT2D eigenvalue weighted by Gasteiger charge is 2.50. The lowest BCUT2D eigenvalue weighted by Gasteiger charge is -2.55. The highest BCUT2D eigenvalue weighted by atomic mass is 35.5. The topological polar surface area (TPSA) is 58.2 Å². The van der Waals surface area contributed by atoms with Crippen LogP contribution < -0.4 is 10.6 Å². The lowest BCUT2D eigenvalue weighted by atomic mass is 9.63. The predicted molar refractivity (Wildman–Crippen MR) is 117 cm³/mol. The molecule has 2 N–H and O–H groups in total. The Morgan fingerprint density at radius 2 is 1.52 bits per heavy atom. The average molecular weight is 417 g/mol. The number of anilines is 1. The maximum Gasteiger partial charge on any atom is 0.292 e. The average Bonchev–Trinajstić information content (AvgIpc) is 2.70. The molecule has 1 heterocycles. The van der Waals surface area contributed by atoms with E-state index in [4.69, 9.17) is 11.6 Å². The first kappa shape index (κ1) is 20.9. The van der Waals surface area contributed by atoms with Crippen LogP contribution in [0.3, 0.4) is 0 Å². The first-order valence-corrected chi connectivity index (χ1v) is 11.7. The third-order valence-corrected chi connectivity index (χ3v) is 7.86. The van der Waals surface area contributed by atoms with Gasteiger partial charge < -0.3 is 10.6 Å². The van der Waals surface area contributed by atoms with Gasteiger partial charge in [0.05, 0.1) is 0 Å². The van der Waals surface area contributed by atoms with Gasteiger partial charge in [0.2, 0.25) is 5.78 Å². The van der Waals surface area contributed by atoms with Crippen LogP contribution >= 0.6 is 11.6 Å². The van der Waals surface area contributed by atoms with Crippen LogP contribution in [0.15, 0.2) is 18.2 Å². The number of rotatable bonds is 3. The molecule has 5 heteroatoms. The van der Waals surface area contributed by atoms with Gasteiger partial charge in [0.1, 0.15) is 0 Å². The van der Waals surface area contributed by atoms with Crippen LogP contribution in [0, 0.1) is 12.8 Å². The molecule has 2 saturated carbocycles. The van der Waals surface area contributed by atoms with Crippen molar-refractivity contribution < 1.29 is 9.59 Å². The number of nitrogens with one attached hydrogen (secondary N) is 2. The molecule has 1 amide bonds. The summed E-state index contributed by atoms with van der Waals surface area (Å²) in [6, 6.07) is 5.34. The smallest absolute Gasteiger partial charge is 0.292 e. The fraction of sp³-hybridized carbons (Fsp3) is 0.667. The van der Waals surface area contributed by atoms with Gasteiger partial charge in [0.25, 0.3) is 5.91 Å². The van der Waals surface area contributed by atoms with Gasteiger partial charge in [-0.15, -0.1) is 0 Å². The van der Waals surface area contributed by atoms with Crippen LogP contribution in [0.1, 0.15) is 82.6 Å². The molecule has 0 aromatic heterocycles. The molecule has 2 aliphatic carbocycles. The van der Waals surface area contributed by atoms with Gasteiger partial charge in [0, 0.05) is 27.7 Å². The summed E-state index contributed by atoms with van der Waals surface area (Å²) >= 11 is 6.08. The molecule has 2 spiro atoms. The van der Waals surface area contributed by atoms with Crippen molar-refractivity contribution in [3.8, 4) is 0 Å². The molecule has 4 rings (SSSR count). The zero-order valence-electron chi connectivity index (χ0n) is 17.5. The highest BCUT2D eigenvalue weighted by Crippen LogP contribution is 2.46. The Bertz CT molecular complexity index is 753. The molecule has 1 aromatic carbocycles. The van der Waals surface area contributed by atoms with Crippen LogP contribution in [-0.4, -0.2) is 22.8 Å². The molecule has 1 aromatic rings. The van der Waals surface area contributed by atoms with E-state index in [1.165, 1.54) is 38.5 Å². The molecular weight excluding hydrogens is 384 g/mol. The van der Waals surface area contributed by atoms with Crippen molar-refractivity contribution in [2.45, 2.75) is 95.1 Å². The molecule has 0 bridgehead atoms. The van der Waals surface area contributed by atoms with E-state index in [1.54, 1.807) is 12.1 Å². The van der Waals surface area contributed by atoms with Crippen molar-refractivity contribution in [3.63, 3.8) is 0 Å². The van der Waals surface area contributed by atoms with Crippen molar-refractivity contribution in [2.24, 2.45) is 5.92 Å². The number of ketones is 1. The molecule has 3 aliphatic rings. The summed E-state index contributed by atoms with van der Waals surface area (Å²) in [6.07, 6.45) is 13.6. The van der Waals surface area contributed by atoms with E-state index in [9.17, 15) is 9.59 Å². The molecule has 1 saturated heterocycles. The number of halogens is 1. The van der Waals surface area contributed by atoms with Crippen LogP contribution in [0.4, 0.5) is 5.69 Å². The van der Waals surface area contributed by atoms with E-state index >= 15 is 0 Å². The summed E-state index contributed by atoms with van der Waals surface area (Å²) in [6.45, 7) is 1.90. The summed E-state index contributed by atoms with van der Waals surface area (Å²) < 4.78 is 0. The second kappa shape index (κ2) is 8.39. The summed E-state index contributed by atoms with van der Waals surface area (Å²) in [5, 5.41) is 7.55. The Morgan fingerprint density at radius 3 is 2.03 bits per heavy atom. The van der Waals surface area contributed by atoms with Crippen LogP contribution in [-0.2, 0) is 9.59 Å². The number of aryl methyl sites for hydroxylation is 1. The normalized spacial score (nSPS) is 25.7. The quantitative estimate of drug-likeness (QED) is 0.634. The Hall–Kier alpha value is -1.39. The van der Waals surface area contributed by atoms with E-state index < -0.39 is 5.91 Å². The molecule has 4 nitrogen and oxygen atoms in total. The third kappa shape index (κ3) is 4.54. The van der Waals surface area contributed by atoms with Gasteiger partial charge >= 0.3 is 0 Å². The molecule has 158 valence electrons. The lowest BCUT2D eigenvalue weighted by molar-refractivity contribution is -0.140. The van der Waals surface area contributed by atoms with Crippen molar-refractivity contribution in [1.29, 1.82) is 0 Å². The highest BCUT2D eigenvalue weighted by molar-refractivity contribution is 6.41. The molecule has 0 radical (unpaired) electrons. The van der Waals surface area contributed by atoms with Crippen LogP contribution in [0.5, 0.6) is 0 Å². The van der Waals surface area contributed by atoms with Gasteiger partial charge in [-0.2, -0.15) is 0 Å². The third-order valence-electron chi connectivity index (χ3n) is 7.44. The monoisotopic (exact) mass is 416 g/mol. The summed E-state index contributed by atoms with van der Waals surface area (Å²) in [5.74, 6) is -0.898. The Morgan fingerprint density at radius 1 is 0.966 bits per heavy atom. The Kier molecular flexibility index (Phi) is 6.04. The van der Waals surface area contributed by atoms with Gasteiger partial charge in [-0.05, 0) is 69.2 Å². The van der Waals surface area contributed by atoms with Gasteiger partial charge in [-0.25, -0.2) is 0 Å². The van der Waals surface area contributed by atoms with Gasteiger partial charge in [-0.3, -0.25) is 9.59 Å². The molecule has 29 heavy (non-hydrogen) atoms. The number of benzene rings is 1. The minimum absolute atomic E-state index is 0.0469. The predicted octanol–water partition coefficient (Wildman–Crippen LogP) is 5.56. The van der Waals surface area contributed by atoms with Gasteiger partial charge in [-0.1, -0.05) is 50.1 Å². The first-order valence-electron chi connectivity index (χ1n) is 11.3. The summed E-state index contributed by atoms with van der Waals surface area (Å²) in [4.78, 5) is 26.1. The van der Waals surface area contributed by atoms with Crippen LogP contribution in [0.25, 0.3) is 0 Å². The number of Topliss-reactive ketones (excluding diaryl/α,β-unsaturated/α-hetero) is 1. The van der Waals surface area contributed by atoms with Gasteiger partial charge in [0.15, 0.2) is 0 Å². The fourth-order valence-corrected chi connectivity index (χ4v) is 6.20. The van der Waals surface area contributed by atoms with E-state index in [0.717, 1.165) is 44.1 Å². The SMILES string of the molecule is Cc1cc(NC(=O)C(=O)C2CC3(CCCCC3)NC3(CCCCC3)C2)ccc1Cl. The number of hydrogen-bond donors (Lipinski definition) is 2. The summed E-state index contributed by atoms with van der Waals surface area (Å²) in [5.41, 5.74) is 1.62. The zero-order chi connectivity index (χ0) is 20.5. The summed E-state index contributed by atoms with van der Waals surface area (Å²) in [7, 11) is 0. The van der Waals surface area contributed by atoms with Crippen molar-refractivity contribution in [2.75, 3.05) is 5.32 Å². The van der Waals surface area contributed by atoms with E-state index in [2.05, 4.69) is 10.6 Å². The number of carbonyl (C=O) groups excluding carboxylic acids is 2. The maximum atomic E-state index is 13.2. The maximum absolute atomic E-state index is 13.2. The standard InChI is InChI=1S/C24H33ClN2O2/c1-17-14-19(8-9-20(17)25)26-22(29)21(28)18-15-23(10-4-2-5-11-23)27-24(16-18)12-6-3-7-13-24/h8-9,14,18,27H,2-7,10-13,15-16H2,1H3,(H,26,29). The van der Waals surface area contributed by atoms with E-state index in [0.29, 0.717) is 10.7 Å². The second-order valence-corrected chi connectivity index (χ2v) is 10.1. The van der Waals surface area contributed by atoms with Crippen molar-refractivity contribution in [3.05, 3.63) is 28.8 Å². The number of amides is 1. The number of piperidine rings is 1. The molecule has 3 fully saturated rings. The minimum atomic E-state index is -0.476. The molecule has 1 aliphatic heterocycles.